The lowest BCUT2D eigenvalue weighted by Gasteiger charge is -2.11. The second-order valence-electron chi connectivity index (χ2n) is 5.68. The van der Waals surface area contributed by atoms with Crippen LogP contribution in [0.3, 0.4) is 0 Å². The van der Waals surface area contributed by atoms with E-state index in [0.29, 0.717) is 23.7 Å². The van der Waals surface area contributed by atoms with E-state index in [1.54, 1.807) is 18.2 Å². The van der Waals surface area contributed by atoms with Crippen molar-refractivity contribution in [1.29, 1.82) is 0 Å². The summed E-state index contributed by atoms with van der Waals surface area (Å²) in [5, 5.41) is 13.3. The minimum Gasteiger partial charge on any atom is -0.464 e. The minimum absolute atomic E-state index is 0.570. The Balaban J connectivity index is 1.69. The lowest BCUT2D eigenvalue weighted by molar-refractivity contribution is 0.197. The first-order valence-corrected chi connectivity index (χ1v) is 7.78. The Morgan fingerprint density at radius 1 is 1.29 bits per heavy atom. The summed E-state index contributed by atoms with van der Waals surface area (Å²) < 4.78 is 7.16. The van der Waals surface area contributed by atoms with Gasteiger partial charge in [0, 0.05) is 23.7 Å². The molecule has 0 atom stereocenters. The summed E-state index contributed by atoms with van der Waals surface area (Å²) in [5.74, 6) is 1.20. The standard InChI is InChI=1S/C17H16N4O3/c22-17(23)21-7-5-11-8-12(3-4-15(11)21)24-16-13-2-1-6-18-9-14(13)19-10-20-16/h3-5,7-8,10,18H,1-2,6,9H2,(H,22,23). The van der Waals surface area contributed by atoms with Crippen molar-refractivity contribution in [2.75, 3.05) is 6.54 Å². The van der Waals surface area contributed by atoms with Gasteiger partial charge in [0.1, 0.15) is 12.1 Å². The van der Waals surface area contributed by atoms with Crippen molar-refractivity contribution in [1.82, 2.24) is 19.9 Å². The zero-order valence-electron chi connectivity index (χ0n) is 12.9. The Hall–Kier alpha value is -2.93. The molecule has 0 aliphatic carbocycles. The van der Waals surface area contributed by atoms with E-state index in [0.717, 1.165) is 36.0 Å². The molecule has 0 saturated carbocycles. The molecule has 0 saturated heterocycles. The van der Waals surface area contributed by atoms with Gasteiger partial charge in [0.2, 0.25) is 5.88 Å². The molecule has 122 valence electrons. The van der Waals surface area contributed by atoms with Crippen LogP contribution in [0, 0.1) is 0 Å². The van der Waals surface area contributed by atoms with Crippen LogP contribution in [-0.2, 0) is 13.0 Å². The van der Waals surface area contributed by atoms with Gasteiger partial charge in [-0.2, -0.15) is 0 Å². The molecule has 1 aromatic carbocycles. The number of nitrogens with zero attached hydrogens (tertiary/aromatic N) is 3. The molecule has 2 aromatic heterocycles. The molecule has 7 heteroatoms. The molecule has 3 heterocycles. The molecule has 7 nitrogen and oxygen atoms in total. The molecular formula is C17H16N4O3. The Morgan fingerprint density at radius 2 is 2.21 bits per heavy atom. The van der Waals surface area contributed by atoms with E-state index in [9.17, 15) is 4.79 Å². The lowest BCUT2D eigenvalue weighted by atomic mass is 10.1. The number of hydrogen-bond acceptors (Lipinski definition) is 5. The summed E-state index contributed by atoms with van der Waals surface area (Å²) in [6, 6.07) is 7.06. The summed E-state index contributed by atoms with van der Waals surface area (Å²) in [6.07, 6.45) is 3.92. The number of aromatic nitrogens is 3. The monoisotopic (exact) mass is 324 g/mol. The second-order valence-corrected chi connectivity index (χ2v) is 5.68. The Morgan fingerprint density at radius 3 is 3.08 bits per heavy atom. The van der Waals surface area contributed by atoms with Crippen LogP contribution in [0.25, 0.3) is 10.9 Å². The summed E-state index contributed by atoms with van der Waals surface area (Å²) in [6.45, 7) is 1.67. The summed E-state index contributed by atoms with van der Waals surface area (Å²) >= 11 is 0. The van der Waals surface area contributed by atoms with Crippen molar-refractivity contribution < 1.29 is 14.6 Å². The summed E-state index contributed by atoms with van der Waals surface area (Å²) in [4.78, 5) is 19.8. The normalized spacial score (nSPS) is 14.2. The molecule has 0 bridgehead atoms. The van der Waals surface area contributed by atoms with Gasteiger partial charge in [-0.1, -0.05) is 0 Å². The van der Waals surface area contributed by atoms with Crippen LogP contribution in [0.1, 0.15) is 17.7 Å². The number of hydrogen-bond donors (Lipinski definition) is 2. The van der Waals surface area contributed by atoms with E-state index in [1.165, 1.54) is 17.1 Å². The van der Waals surface area contributed by atoms with E-state index in [2.05, 4.69) is 15.3 Å². The summed E-state index contributed by atoms with van der Waals surface area (Å²) in [7, 11) is 0. The number of fused-ring (bicyclic) bond motifs is 2. The number of carboxylic acid groups (broad SMARTS) is 1. The van der Waals surface area contributed by atoms with Gasteiger partial charge in [0.15, 0.2) is 0 Å². The van der Waals surface area contributed by atoms with E-state index in [-0.39, 0.29) is 0 Å². The maximum absolute atomic E-state index is 11.2. The lowest BCUT2D eigenvalue weighted by Crippen LogP contribution is -2.13. The van der Waals surface area contributed by atoms with Crippen molar-refractivity contribution >= 4 is 17.0 Å². The topological polar surface area (TPSA) is 89.3 Å². The molecule has 24 heavy (non-hydrogen) atoms. The second kappa shape index (κ2) is 5.93. The Labute approximate surface area is 137 Å². The fraction of sp³-hybridized carbons (Fsp3) is 0.235. The van der Waals surface area contributed by atoms with Crippen LogP contribution in [-0.4, -0.2) is 32.3 Å². The molecule has 1 aliphatic heterocycles. The number of benzene rings is 1. The van der Waals surface area contributed by atoms with Crippen LogP contribution in [0.15, 0.2) is 36.8 Å². The molecular weight excluding hydrogens is 308 g/mol. The number of rotatable bonds is 2. The highest BCUT2D eigenvalue weighted by atomic mass is 16.5. The van der Waals surface area contributed by atoms with Gasteiger partial charge in [0.05, 0.1) is 11.2 Å². The maximum Gasteiger partial charge on any atom is 0.415 e. The van der Waals surface area contributed by atoms with Crippen LogP contribution < -0.4 is 10.1 Å². The van der Waals surface area contributed by atoms with Crippen LogP contribution in [0.5, 0.6) is 11.6 Å². The van der Waals surface area contributed by atoms with Gasteiger partial charge < -0.3 is 15.2 Å². The average Bonchev–Trinajstić information content (AvgIpc) is 2.84. The van der Waals surface area contributed by atoms with E-state index >= 15 is 0 Å². The zero-order chi connectivity index (χ0) is 16.5. The quantitative estimate of drug-likeness (QED) is 0.753. The predicted molar refractivity (Wildman–Crippen MR) is 87.5 cm³/mol. The predicted octanol–water partition coefficient (Wildman–Crippen LogP) is 2.79. The van der Waals surface area contributed by atoms with Gasteiger partial charge in [-0.15, -0.1) is 0 Å². The smallest absolute Gasteiger partial charge is 0.415 e. The first-order valence-electron chi connectivity index (χ1n) is 7.78. The highest BCUT2D eigenvalue weighted by Gasteiger charge is 2.16. The molecule has 3 aromatic rings. The number of carbonyl (C=O) groups is 1. The first-order chi connectivity index (χ1) is 11.7. The van der Waals surface area contributed by atoms with E-state index in [4.69, 9.17) is 9.84 Å². The first kappa shape index (κ1) is 14.6. The Kier molecular flexibility index (Phi) is 3.62. The van der Waals surface area contributed by atoms with Crippen molar-refractivity contribution in [2.24, 2.45) is 0 Å². The van der Waals surface area contributed by atoms with Crippen LogP contribution >= 0.6 is 0 Å². The van der Waals surface area contributed by atoms with E-state index < -0.39 is 6.09 Å². The SMILES string of the molecule is O=C(O)n1ccc2cc(Oc3ncnc4c3CCCNC4)ccc21. The maximum atomic E-state index is 11.2. The molecule has 2 N–H and O–H groups in total. The molecule has 4 rings (SSSR count). The minimum atomic E-state index is -1.01. The highest BCUT2D eigenvalue weighted by molar-refractivity contribution is 5.89. The van der Waals surface area contributed by atoms with Crippen LogP contribution in [0.2, 0.25) is 0 Å². The molecule has 1 aliphatic rings. The molecule has 0 amide bonds. The third-order valence-electron chi connectivity index (χ3n) is 4.15. The molecule has 0 spiro atoms. The average molecular weight is 324 g/mol. The largest absolute Gasteiger partial charge is 0.464 e. The van der Waals surface area contributed by atoms with Gasteiger partial charge in [0.25, 0.3) is 0 Å². The van der Waals surface area contributed by atoms with Crippen molar-refractivity contribution in [3.63, 3.8) is 0 Å². The van der Waals surface area contributed by atoms with Gasteiger partial charge >= 0.3 is 6.09 Å². The highest BCUT2D eigenvalue weighted by Crippen LogP contribution is 2.29. The van der Waals surface area contributed by atoms with Gasteiger partial charge in [-0.25, -0.2) is 14.8 Å². The molecule has 0 unspecified atom stereocenters. The molecule has 0 radical (unpaired) electrons. The van der Waals surface area contributed by atoms with E-state index in [1.807, 2.05) is 6.07 Å². The van der Waals surface area contributed by atoms with Crippen molar-refractivity contribution in [2.45, 2.75) is 19.4 Å². The Bertz CT molecular complexity index is 919. The molecule has 0 fully saturated rings. The third kappa shape index (κ3) is 2.59. The third-order valence-corrected chi connectivity index (χ3v) is 4.15. The van der Waals surface area contributed by atoms with Crippen molar-refractivity contribution in [3.05, 3.63) is 48.0 Å². The summed E-state index contributed by atoms with van der Waals surface area (Å²) in [5.41, 5.74) is 2.63. The number of nitrogens with one attached hydrogen (secondary N) is 1. The van der Waals surface area contributed by atoms with Gasteiger partial charge in [-0.05, 0) is 43.7 Å². The number of ether oxygens (including phenoxy) is 1. The van der Waals surface area contributed by atoms with Gasteiger partial charge in [-0.3, -0.25) is 4.57 Å². The van der Waals surface area contributed by atoms with Crippen molar-refractivity contribution in [3.8, 4) is 11.6 Å². The fourth-order valence-corrected chi connectivity index (χ4v) is 2.98. The van der Waals surface area contributed by atoms with Crippen LogP contribution in [0.4, 0.5) is 4.79 Å². The fourth-order valence-electron chi connectivity index (χ4n) is 2.98. The zero-order valence-corrected chi connectivity index (χ0v) is 12.9.